The number of aryl methyl sites for hydroxylation is 1. The average Bonchev–Trinajstić information content (AvgIpc) is 2.48. The van der Waals surface area contributed by atoms with Crippen LogP contribution in [0.25, 0.3) is 0 Å². The van der Waals surface area contributed by atoms with Crippen molar-refractivity contribution in [2.24, 2.45) is 0 Å². The van der Waals surface area contributed by atoms with Gasteiger partial charge < -0.3 is 15.0 Å². The molecule has 0 bridgehead atoms. The molecule has 0 aliphatic carbocycles. The average molecular weight is 299 g/mol. The molecule has 0 unspecified atom stereocenters. The van der Waals surface area contributed by atoms with Gasteiger partial charge in [-0.25, -0.2) is 9.97 Å². The van der Waals surface area contributed by atoms with Gasteiger partial charge >= 0.3 is 0 Å². The van der Waals surface area contributed by atoms with Crippen LogP contribution in [0.4, 0.5) is 5.82 Å². The fourth-order valence-corrected chi connectivity index (χ4v) is 2.86. The molecule has 0 atom stereocenters. The maximum absolute atomic E-state index is 5.40. The lowest BCUT2D eigenvalue weighted by Gasteiger charge is -2.29. The summed E-state index contributed by atoms with van der Waals surface area (Å²) in [4.78, 5) is 11.6. The summed E-state index contributed by atoms with van der Waals surface area (Å²) in [6, 6.07) is 2.19. The van der Waals surface area contributed by atoms with E-state index in [0.29, 0.717) is 5.92 Å². The summed E-state index contributed by atoms with van der Waals surface area (Å²) >= 11 is 0. The lowest BCUT2D eigenvalue weighted by atomic mass is 9.94. The second-order valence-corrected chi connectivity index (χ2v) is 5.32. The van der Waals surface area contributed by atoms with Crippen LogP contribution in [0.3, 0.4) is 0 Å². The summed E-state index contributed by atoms with van der Waals surface area (Å²) in [7, 11) is 0. The monoisotopic (exact) mass is 298 g/mol. The largest absolute Gasteiger partial charge is 0.378 e. The van der Waals surface area contributed by atoms with Gasteiger partial charge in [-0.3, -0.25) is 0 Å². The van der Waals surface area contributed by atoms with Gasteiger partial charge in [-0.1, -0.05) is 0 Å². The number of nitrogens with zero attached hydrogens (tertiary/aromatic N) is 3. The maximum Gasteiger partial charge on any atom is 0.132 e. The van der Waals surface area contributed by atoms with E-state index >= 15 is 0 Å². The van der Waals surface area contributed by atoms with Crippen molar-refractivity contribution in [1.29, 1.82) is 0 Å². The number of ether oxygens (including phenoxy) is 1. The zero-order valence-corrected chi connectivity index (χ0v) is 12.8. The van der Waals surface area contributed by atoms with Crippen LogP contribution in [0.15, 0.2) is 6.07 Å². The molecule has 6 heteroatoms. The van der Waals surface area contributed by atoms with Crippen LogP contribution >= 0.6 is 12.4 Å². The topological polar surface area (TPSA) is 50.3 Å². The van der Waals surface area contributed by atoms with Crippen molar-refractivity contribution in [3.05, 3.63) is 17.6 Å². The van der Waals surface area contributed by atoms with E-state index in [1.165, 1.54) is 18.5 Å². The first-order chi connectivity index (χ1) is 9.33. The summed E-state index contributed by atoms with van der Waals surface area (Å²) in [6.07, 6.45) is 2.36. The third kappa shape index (κ3) is 3.59. The van der Waals surface area contributed by atoms with Crippen LogP contribution in [0.1, 0.15) is 30.3 Å². The smallest absolute Gasteiger partial charge is 0.132 e. The number of anilines is 1. The molecule has 112 valence electrons. The van der Waals surface area contributed by atoms with E-state index < -0.39 is 0 Å². The van der Waals surface area contributed by atoms with Crippen molar-refractivity contribution in [2.75, 3.05) is 44.3 Å². The quantitative estimate of drug-likeness (QED) is 0.897. The number of nitrogens with one attached hydrogen (secondary N) is 1. The molecule has 2 aliphatic heterocycles. The van der Waals surface area contributed by atoms with Gasteiger partial charge in [0.1, 0.15) is 11.6 Å². The van der Waals surface area contributed by atoms with Crippen molar-refractivity contribution in [3.63, 3.8) is 0 Å². The lowest BCUT2D eigenvalue weighted by Crippen LogP contribution is -2.37. The molecule has 2 saturated heterocycles. The van der Waals surface area contributed by atoms with Crippen molar-refractivity contribution < 1.29 is 4.74 Å². The van der Waals surface area contributed by atoms with Gasteiger partial charge in [0.05, 0.1) is 13.2 Å². The summed E-state index contributed by atoms with van der Waals surface area (Å²) in [5.74, 6) is 2.55. The molecular formula is C14H23ClN4O. The van der Waals surface area contributed by atoms with Gasteiger partial charge in [0.15, 0.2) is 0 Å². The van der Waals surface area contributed by atoms with E-state index in [1.54, 1.807) is 0 Å². The van der Waals surface area contributed by atoms with E-state index in [2.05, 4.69) is 26.3 Å². The zero-order valence-electron chi connectivity index (χ0n) is 12.0. The Bertz CT molecular complexity index is 395. The molecule has 1 aromatic rings. The Morgan fingerprint density at radius 1 is 1.20 bits per heavy atom. The molecule has 0 spiro atoms. The minimum absolute atomic E-state index is 0. The first-order valence-corrected chi connectivity index (χ1v) is 7.22. The molecule has 0 radical (unpaired) electrons. The summed E-state index contributed by atoms with van der Waals surface area (Å²) in [6.45, 7) is 7.65. The minimum Gasteiger partial charge on any atom is -0.378 e. The van der Waals surface area contributed by atoms with E-state index in [1.807, 2.05) is 6.92 Å². The second-order valence-electron chi connectivity index (χ2n) is 5.32. The molecule has 3 heterocycles. The number of hydrogen-bond acceptors (Lipinski definition) is 5. The van der Waals surface area contributed by atoms with E-state index in [4.69, 9.17) is 4.74 Å². The number of hydrogen-bond donors (Lipinski definition) is 1. The van der Waals surface area contributed by atoms with Gasteiger partial charge in [0.2, 0.25) is 0 Å². The number of piperidine rings is 1. The van der Waals surface area contributed by atoms with Crippen LogP contribution in [0, 0.1) is 6.92 Å². The SMILES string of the molecule is Cc1nc(C2CCNCC2)cc(N2CCOCC2)n1.Cl. The van der Waals surface area contributed by atoms with Crippen LogP contribution in [0.2, 0.25) is 0 Å². The molecule has 1 aromatic heterocycles. The first kappa shape index (κ1) is 15.5. The minimum atomic E-state index is 0. The standard InChI is InChI=1S/C14H22N4O.ClH/c1-11-16-13(12-2-4-15-5-3-12)10-14(17-11)18-6-8-19-9-7-18;/h10,12,15H,2-9H2,1H3;1H. The van der Waals surface area contributed by atoms with Crippen molar-refractivity contribution >= 4 is 18.2 Å². The van der Waals surface area contributed by atoms with Crippen LogP contribution in [-0.2, 0) is 4.74 Å². The maximum atomic E-state index is 5.40. The van der Waals surface area contributed by atoms with E-state index in [9.17, 15) is 0 Å². The number of aromatic nitrogens is 2. The molecule has 3 rings (SSSR count). The molecule has 20 heavy (non-hydrogen) atoms. The lowest BCUT2D eigenvalue weighted by molar-refractivity contribution is 0.122. The van der Waals surface area contributed by atoms with Crippen molar-refractivity contribution in [3.8, 4) is 0 Å². The van der Waals surface area contributed by atoms with Gasteiger partial charge in [-0.05, 0) is 32.9 Å². The predicted octanol–water partition coefficient (Wildman–Crippen LogP) is 1.51. The Labute approximate surface area is 126 Å². The number of morpholine rings is 1. The highest BCUT2D eigenvalue weighted by Gasteiger charge is 2.20. The van der Waals surface area contributed by atoms with Crippen molar-refractivity contribution in [1.82, 2.24) is 15.3 Å². The zero-order chi connectivity index (χ0) is 13.1. The van der Waals surface area contributed by atoms with Crippen molar-refractivity contribution in [2.45, 2.75) is 25.7 Å². The molecule has 2 fully saturated rings. The van der Waals surface area contributed by atoms with Gasteiger partial charge in [0, 0.05) is 30.8 Å². The van der Waals surface area contributed by atoms with Gasteiger partial charge in [-0.15, -0.1) is 12.4 Å². The molecular weight excluding hydrogens is 276 g/mol. The Balaban J connectivity index is 0.00000147. The molecule has 0 amide bonds. The molecule has 2 aliphatic rings. The second kappa shape index (κ2) is 7.20. The molecule has 1 N–H and O–H groups in total. The fraction of sp³-hybridized carbons (Fsp3) is 0.714. The van der Waals surface area contributed by atoms with Crippen LogP contribution < -0.4 is 10.2 Å². The summed E-state index contributed by atoms with van der Waals surface area (Å²) < 4.78 is 5.40. The van der Waals surface area contributed by atoms with Gasteiger partial charge in [0.25, 0.3) is 0 Å². The normalized spacial score (nSPS) is 20.6. The highest BCUT2D eigenvalue weighted by molar-refractivity contribution is 5.85. The van der Waals surface area contributed by atoms with Crippen LogP contribution in [0.5, 0.6) is 0 Å². The molecule has 5 nitrogen and oxygen atoms in total. The molecule has 0 saturated carbocycles. The first-order valence-electron chi connectivity index (χ1n) is 7.22. The highest BCUT2D eigenvalue weighted by Crippen LogP contribution is 2.26. The fourth-order valence-electron chi connectivity index (χ4n) is 2.86. The third-order valence-electron chi connectivity index (χ3n) is 3.94. The number of halogens is 1. The Kier molecular flexibility index (Phi) is 5.57. The summed E-state index contributed by atoms with van der Waals surface area (Å²) in [5.41, 5.74) is 1.22. The van der Waals surface area contributed by atoms with Gasteiger partial charge in [-0.2, -0.15) is 0 Å². The predicted molar refractivity (Wildman–Crippen MR) is 81.9 cm³/mol. The third-order valence-corrected chi connectivity index (χ3v) is 3.94. The Morgan fingerprint density at radius 2 is 1.90 bits per heavy atom. The number of rotatable bonds is 2. The van der Waals surface area contributed by atoms with E-state index in [-0.39, 0.29) is 12.4 Å². The van der Waals surface area contributed by atoms with E-state index in [0.717, 1.165) is 51.0 Å². The van der Waals surface area contributed by atoms with Crippen LogP contribution in [-0.4, -0.2) is 49.4 Å². The Hall–Kier alpha value is -0.910. The Morgan fingerprint density at radius 3 is 2.60 bits per heavy atom. The molecule has 0 aromatic carbocycles. The highest BCUT2D eigenvalue weighted by atomic mass is 35.5. The summed E-state index contributed by atoms with van der Waals surface area (Å²) in [5, 5.41) is 3.41.